The van der Waals surface area contributed by atoms with Crippen molar-refractivity contribution in [2.75, 3.05) is 5.32 Å². The van der Waals surface area contributed by atoms with Crippen LogP contribution in [0.4, 0.5) is 5.69 Å². The number of hydrogen-bond acceptors (Lipinski definition) is 2. The summed E-state index contributed by atoms with van der Waals surface area (Å²) in [6, 6.07) is 12.9. The molecule has 1 aromatic carbocycles. The average Bonchev–Trinajstić information content (AvgIpc) is 2.89. The second-order valence-corrected chi connectivity index (χ2v) is 6.24. The molecule has 4 rings (SSSR count). The van der Waals surface area contributed by atoms with Gasteiger partial charge in [0.2, 0.25) is 0 Å². The van der Waals surface area contributed by atoms with E-state index in [4.69, 9.17) is 0 Å². The minimum absolute atomic E-state index is 0.321. The van der Waals surface area contributed by atoms with E-state index in [0.29, 0.717) is 6.04 Å². The molecule has 0 amide bonds. The first-order valence-corrected chi connectivity index (χ1v) is 8.09. The van der Waals surface area contributed by atoms with Crippen LogP contribution in [0.3, 0.4) is 0 Å². The van der Waals surface area contributed by atoms with Crippen LogP contribution in [-0.2, 0) is 6.42 Å². The number of anilines is 1. The third-order valence-corrected chi connectivity index (χ3v) is 4.84. The molecular weight excluding hydrogens is 326 g/mol. The summed E-state index contributed by atoms with van der Waals surface area (Å²) in [4.78, 5) is 7.89. The Kier molecular flexibility index (Phi) is 3.19. The van der Waals surface area contributed by atoms with Crippen LogP contribution < -0.4 is 5.32 Å². The summed E-state index contributed by atoms with van der Waals surface area (Å²) in [6.07, 6.45) is 5.31. The molecule has 1 unspecified atom stereocenters. The molecular formula is C17H16BrN3. The molecule has 0 saturated heterocycles. The molecule has 1 atom stereocenters. The van der Waals surface area contributed by atoms with E-state index in [1.165, 1.54) is 28.6 Å². The first-order chi connectivity index (χ1) is 10.3. The van der Waals surface area contributed by atoms with Gasteiger partial charge in [-0.1, -0.05) is 18.2 Å². The standard InChI is InChI=1S/C17H16BrN3/c18-17-15(9-4-10-19-17)20-14-8-3-6-12-11-5-1-2-7-13(11)21-16(12)14/h1-2,4-5,7,9-10,14,20-21H,3,6,8H2. The van der Waals surface area contributed by atoms with Gasteiger partial charge >= 0.3 is 0 Å². The molecule has 0 spiro atoms. The number of halogens is 1. The minimum atomic E-state index is 0.321. The van der Waals surface area contributed by atoms with Crippen LogP contribution in [0.25, 0.3) is 10.9 Å². The molecule has 21 heavy (non-hydrogen) atoms. The van der Waals surface area contributed by atoms with Crippen LogP contribution in [0.1, 0.15) is 30.1 Å². The van der Waals surface area contributed by atoms with E-state index in [2.05, 4.69) is 61.5 Å². The van der Waals surface area contributed by atoms with Crippen molar-refractivity contribution in [2.24, 2.45) is 0 Å². The summed E-state index contributed by atoms with van der Waals surface area (Å²) < 4.78 is 0.869. The van der Waals surface area contributed by atoms with Gasteiger partial charge in [-0.25, -0.2) is 4.98 Å². The van der Waals surface area contributed by atoms with Crippen LogP contribution in [0.5, 0.6) is 0 Å². The Hall–Kier alpha value is -1.81. The molecule has 0 fully saturated rings. The summed E-state index contributed by atoms with van der Waals surface area (Å²) in [6.45, 7) is 0. The summed E-state index contributed by atoms with van der Waals surface area (Å²) in [7, 11) is 0. The van der Waals surface area contributed by atoms with Gasteiger partial charge in [0.15, 0.2) is 0 Å². The Balaban J connectivity index is 1.75. The van der Waals surface area contributed by atoms with E-state index in [1.54, 1.807) is 6.20 Å². The molecule has 0 aliphatic heterocycles. The topological polar surface area (TPSA) is 40.7 Å². The number of fused-ring (bicyclic) bond motifs is 3. The Morgan fingerprint density at radius 2 is 2.10 bits per heavy atom. The zero-order valence-corrected chi connectivity index (χ0v) is 13.2. The largest absolute Gasteiger partial charge is 0.375 e. The van der Waals surface area contributed by atoms with Crippen molar-refractivity contribution in [2.45, 2.75) is 25.3 Å². The lowest BCUT2D eigenvalue weighted by Gasteiger charge is -2.25. The highest BCUT2D eigenvalue weighted by Crippen LogP contribution is 2.37. The number of para-hydroxylation sites is 1. The van der Waals surface area contributed by atoms with Gasteiger partial charge in [-0.3, -0.25) is 0 Å². The van der Waals surface area contributed by atoms with Gasteiger partial charge < -0.3 is 10.3 Å². The highest BCUT2D eigenvalue weighted by Gasteiger charge is 2.24. The Bertz CT molecular complexity index is 794. The first kappa shape index (κ1) is 12.9. The van der Waals surface area contributed by atoms with Gasteiger partial charge in [-0.05, 0) is 59.0 Å². The predicted molar refractivity (Wildman–Crippen MR) is 89.5 cm³/mol. The number of nitrogens with one attached hydrogen (secondary N) is 2. The molecule has 0 saturated carbocycles. The van der Waals surface area contributed by atoms with Gasteiger partial charge in [0, 0.05) is 22.8 Å². The maximum Gasteiger partial charge on any atom is 0.129 e. The number of pyridine rings is 1. The second kappa shape index (κ2) is 5.19. The molecule has 0 radical (unpaired) electrons. The molecule has 3 aromatic rings. The van der Waals surface area contributed by atoms with E-state index in [-0.39, 0.29) is 0 Å². The zero-order valence-electron chi connectivity index (χ0n) is 11.6. The fraction of sp³-hybridized carbons (Fsp3) is 0.235. The second-order valence-electron chi connectivity index (χ2n) is 5.49. The lowest BCUT2D eigenvalue weighted by molar-refractivity contribution is 0.592. The van der Waals surface area contributed by atoms with Crippen molar-refractivity contribution >= 4 is 32.5 Å². The minimum Gasteiger partial charge on any atom is -0.375 e. The molecule has 106 valence electrons. The van der Waals surface area contributed by atoms with Crippen molar-refractivity contribution in [3.8, 4) is 0 Å². The highest BCUT2D eigenvalue weighted by atomic mass is 79.9. The monoisotopic (exact) mass is 341 g/mol. The molecule has 1 aliphatic rings. The van der Waals surface area contributed by atoms with Gasteiger partial charge in [-0.15, -0.1) is 0 Å². The third kappa shape index (κ3) is 2.23. The van der Waals surface area contributed by atoms with Crippen molar-refractivity contribution in [1.82, 2.24) is 9.97 Å². The summed E-state index contributed by atoms with van der Waals surface area (Å²) in [5.41, 5.74) is 5.09. The molecule has 4 heteroatoms. The smallest absolute Gasteiger partial charge is 0.129 e. The van der Waals surface area contributed by atoms with Crippen molar-refractivity contribution in [1.29, 1.82) is 0 Å². The van der Waals surface area contributed by atoms with Gasteiger partial charge in [0.1, 0.15) is 4.60 Å². The van der Waals surface area contributed by atoms with Gasteiger partial charge in [-0.2, -0.15) is 0 Å². The highest BCUT2D eigenvalue weighted by molar-refractivity contribution is 9.10. The van der Waals surface area contributed by atoms with Crippen molar-refractivity contribution in [3.05, 3.63) is 58.5 Å². The number of aromatic amines is 1. The van der Waals surface area contributed by atoms with Crippen LogP contribution >= 0.6 is 15.9 Å². The lowest BCUT2D eigenvalue weighted by atomic mass is 9.91. The van der Waals surface area contributed by atoms with Crippen LogP contribution in [-0.4, -0.2) is 9.97 Å². The fourth-order valence-corrected chi connectivity index (χ4v) is 3.61. The Morgan fingerprint density at radius 1 is 1.19 bits per heavy atom. The van der Waals surface area contributed by atoms with Crippen LogP contribution in [0.15, 0.2) is 47.2 Å². The van der Waals surface area contributed by atoms with E-state index >= 15 is 0 Å². The first-order valence-electron chi connectivity index (χ1n) is 7.29. The normalized spacial score (nSPS) is 17.7. The Morgan fingerprint density at radius 3 is 3.00 bits per heavy atom. The number of benzene rings is 1. The summed E-state index contributed by atoms with van der Waals surface area (Å²) in [5, 5.41) is 4.99. The third-order valence-electron chi connectivity index (χ3n) is 4.20. The average molecular weight is 342 g/mol. The predicted octanol–water partition coefficient (Wildman–Crippen LogP) is 4.81. The molecule has 2 heterocycles. The van der Waals surface area contributed by atoms with E-state index in [0.717, 1.165) is 23.1 Å². The Labute approximate surface area is 131 Å². The fourth-order valence-electron chi connectivity index (χ4n) is 3.24. The molecule has 3 nitrogen and oxygen atoms in total. The number of aryl methyl sites for hydroxylation is 1. The van der Waals surface area contributed by atoms with Gasteiger partial charge in [0.25, 0.3) is 0 Å². The quantitative estimate of drug-likeness (QED) is 0.656. The summed E-state index contributed by atoms with van der Waals surface area (Å²) >= 11 is 3.51. The maximum absolute atomic E-state index is 4.29. The molecule has 1 aliphatic carbocycles. The van der Waals surface area contributed by atoms with E-state index < -0.39 is 0 Å². The summed E-state index contributed by atoms with van der Waals surface area (Å²) in [5.74, 6) is 0. The van der Waals surface area contributed by atoms with E-state index in [9.17, 15) is 0 Å². The van der Waals surface area contributed by atoms with E-state index in [1.807, 2.05) is 6.07 Å². The SMILES string of the molecule is Brc1ncccc1NC1CCCc2c1[nH]c1ccccc21. The number of rotatable bonds is 2. The zero-order chi connectivity index (χ0) is 14.2. The molecule has 2 N–H and O–H groups in total. The van der Waals surface area contributed by atoms with Gasteiger partial charge in [0.05, 0.1) is 11.7 Å². The van der Waals surface area contributed by atoms with Crippen LogP contribution in [0.2, 0.25) is 0 Å². The number of H-pyrrole nitrogens is 1. The maximum atomic E-state index is 4.29. The van der Waals surface area contributed by atoms with Crippen LogP contribution in [0, 0.1) is 0 Å². The molecule has 2 aromatic heterocycles. The lowest BCUT2D eigenvalue weighted by Crippen LogP contribution is -2.17. The number of nitrogens with zero attached hydrogens (tertiary/aromatic N) is 1. The number of aromatic nitrogens is 2. The number of hydrogen-bond donors (Lipinski definition) is 2. The molecule has 0 bridgehead atoms. The van der Waals surface area contributed by atoms with Crippen molar-refractivity contribution < 1.29 is 0 Å². The van der Waals surface area contributed by atoms with Crippen molar-refractivity contribution in [3.63, 3.8) is 0 Å².